The van der Waals surface area contributed by atoms with E-state index in [9.17, 15) is 13.6 Å². The van der Waals surface area contributed by atoms with Gasteiger partial charge in [-0.05, 0) is 32.3 Å². The average molecular weight is 241 g/mol. The second-order valence-corrected chi connectivity index (χ2v) is 3.77. The van der Waals surface area contributed by atoms with E-state index in [-0.39, 0.29) is 5.56 Å². The number of carbonyl (C=O) groups is 1. The fraction of sp³-hybridized carbons (Fsp3) is 0.250. The first-order chi connectivity index (χ1) is 7.91. The molecule has 0 spiro atoms. The summed E-state index contributed by atoms with van der Waals surface area (Å²) in [4.78, 5) is 12.0. The Hall–Kier alpha value is -1.75. The molecule has 1 aromatic carbocycles. The molecule has 92 valence electrons. The normalized spacial score (nSPS) is 13.2. The predicted molar refractivity (Wildman–Crippen MR) is 59.6 cm³/mol. The molecule has 0 aliphatic rings. The van der Waals surface area contributed by atoms with E-state index in [2.05, 4.69) is 0 Å². The van der Waals surface area contributed by atoms with Crippen LogP contribution in [0.4, 0.5) is 8.78 Å². The lowest BCUT2D eigenvalue weighted by Gasteiger charge is -2.21. The molecule has 0 bridgehead atoms. The highest BCUT2D eigenvalue weighted by molar-refractivity contribution is 5.79. The Labute approximate surface area is 98.0 Å². The fourth-order valence-electron chi connectivity index (χ4n) is 1.47. The molecule has 5 heteroatoms. The van der Waals surface area contributed by atoms with Crippen molar-refractivity contribution in [1.29, 1.82) is 0 Å². The topological polar surface area (TPSA) is 40.5 Å². The molecule has 0 aromatic heterocycles. The van der Waals surface area contributed by atoms with Crippen LogP contribution in [0.2, 0.25) is 0 Å². The second-order valence-electron chi connectivity index (χ2n) is 3.77. The molecule has 0 heterocycles. The van der Waals surface area contributed by atoms with Crippen molar-refractivity contribution in [3.05, 3.63) is 47.5 Å². The predicted octanol–water partition coefficient (Wildman–Crippen LogP) is 2.21. The minimum Gasteiger partial charge on any atom is -0.478 e. The number of hydrogen-bond acceptors (Lipinski definition) is 2. The van der Waals surface area contributed by atoms with Gasteiger partial charge in [0.2, 0.25) is 0 Å². The van der Waals surface area contributed by atoms with Crippen LogP contribution in [0.5, 0.6) is 0 Å². The molecule has 0 aliphatic heterocycles. The molecule has 3 nitrogen and oxygen atoms in total. The molecule has 0 fully saturated rings. The fourth-order valence-corrected chi connectivity index (χ4v) is 1.47. The molecular weight excluding hydrogens is 228 g/mol. The van der Waals surface area contributed by atoms with E-state index in [4.69, 9.17) is 5.11 Å². The Morgan fingerprint density at radius 1 is 1.41 bits per heavy atom. The Morgan fingerprint density at radius 3 is 2.59 bits per heavy atom. The van der Waals surface area contributed by atoms with Gasteiger partial charge >= 0.3 is 5.97 Å². The summed E-state index contributed by atoms with van der Waals surface area (Å²) in [5.74, 6) is -2.26. The largest absolute Gasteiger partial charge is 0.478 e. The van der Waals surface area contributed by atoms with E-state index in [1.54, 1.807) is 19.0 Å². The summed E-state index contributed by atoms with van der Waals surface area (Å²) in [7, 11) is 3.31. The van der Waals surface area contributed by atoms with Gasteiger partial charge in [0.1, 0.15) is 11.6 Å². The Morgan fingerprint density at radius 2 is 2.06 bits per heavy atom. The maximum atomic E-state index is 13.5. The quantitative estimate of drug-likeness (QED) is 0.821. The summed E-state index contributed by atoms with van der Waals surface area (Å²) in [5.41, 5.74) is 0.104. The summed E-state index contributed by atoms with van der Waals surface area (Å²) >= 11 is 0. The molecule has 0 amide bonds. The van der Waals surface area contributed by atoms with Crippen molar-refractivity contribution in [2.45, 2.75) is 6.04 Å². The number of nitrogens with zero attached hydrogens (tertiary/aromatic N) is 1. The lowest BCUT2D eigenvalue weighted by atomic mass is 10.0. The highest BCUT2D eigenvalue weighted by Gasteiger charge is 2.16. The third kappa shape index (κ3) is 3.64. The van der Waals surface area contributed by atoms with Crippen LogP contribution in [0.1, 0.15) is 11.6 Å². The van der Waals surface area contributed by atoms with E-state index >= 15 is 0 Å². The zero-order valence-electron chi connectivity index (χ0n) is 9.52. The van der Waals surface area contributed by atoms with E-state index in [1.165, 1.54) is 6.08 Å². The highest BCUT2D eigenvalue weighted by Crippen LogP contribution is 2.23. The van der Waals surface area contributed by atoms with Crippen LogP contribution < -0.4 is 0 Å². The lowest BCUT2D eigenvalue weighted by Crippen LogP contribution is -2.19. The van der Waals surface area contributed by atoms with Crippen LogP contribution in [0.3, 0.4) is 0 Å². The molecule has 0 radical (unpaired) electrons. The number of hydrogen-bond donors (Lipinski definition) is 1. The first kappa shape index (κ1) is 13.3. The molecular formula is C12H13F2NO2. The Balaban J connectivity index is 3.13. The smallest absolute Gasteiger partial charge is 0.328 e. The number of halogens is 2. The van der Waals surface area contributed by atoms with Gasteiger partial charge in [0, 0.05) is 11.6 Å². The Bertz CT molecular complexity index is 444. The molecule has 1 atom stereocenters. The van der Waals surface area contributed by atoms with Crippen LogP contribution in [0.15, 0.2) is 30.4 Å². The van der Waals surface area contributed by atoms with Crippen LogP contribution >= 0.6 is 0 Å². The molecule has 1 aromatic rings. The third-order valence-electron chi connectivity index (χ3n) is 2.25. The van der Waals surface area contributed by atoms with Crippen molar-refractivity contribution in [3.63, 3.8) is 0 Å². The maximum Gasteiger partial charge on any atom is 0.328 e. The molecule has 17 heavy (non-hydrogen) atoms. The van der Waals surface area contributed by atoms with Crippen molar-refractivity contribution in [1.82, 2.24) is 4.90 Å². The van der Waals surface area contributed by atoms with E-state index < -0.39 is 23.6 Å². The van der Waals surface area contributed by atoms with Crippen molar-refractivity contribution in [2.24, 2.45) is 0 Å². The van der Waals surface area contributed by atoms with Crippen molar-refractivity contribution in [3.8, 4) is 0 Å². The number of rotatable bonds is 4. The van der Waals surface area contributed by atoms with Crippen molar-refractivity contribution < 1.29 is 18.7 Å². The van der Waals surface area contributed by atoms with Gasteiger partial charge in [-0.15, -0.1) is 0 Å². The molecule has 1 unspecified atom stereocenters. The summed E-state index contributed by atoms with van der Waals surface area (Å²) < 4.78 is 26.6. The Kier molecular flexibility index (Phi) is 4.34. The van der Waals surface area contributed by atoms with Gasteiger partial charge in [0.25, 0.3) is 0 Å². The van der Waals surface area contributed by atoms with E-state index in [1.807, 2.05) is 0 Å². The molecule has 1 N–H and O–H groups in total. The zero-order valence-corrected chi connectivity index (χ0v) is 9.52. The maximum absolute atomic E-state index is 13.5. The number of likely N-dealkylation sites (N-methyl/N-ethyl adjacent to an activating group) is 1. The minimum atomic E-state index is -1.13. The van der Waals surface area contributed by atoms with Crippen LogP contribution in [-0.4, -0.2) is 30.1 Å². The number of carboxylic acids is 1. The van der Waals surface area contributed by atoms with E-state index in [0.717, 1.165) is 24.3 Å². The third-order valence-corrected chi connectivity index (χ3v) is 2.25. The monoisotopic (exact) mass is 241 g/mol. The van der Waals surface area contributed by atoms with Gasteiger partial charge in [-0.2, -0.15) is 0 Å². The molecule has 0 saturated heterocycles. The van der Waals surface area contributed by atoms with Crippen molar-refractivity contribution >= 4 is 5.97 Å². The number of benzene rings is 1. The summed E-state index contributed by atoms with van der Waals surface area (Å²) in [5, 5.41) is 8.54. The van der Waals surface area contributed by atoms with Gasteiger partial charge in [-0.1, -0.05) is 6.08 Å². The van der Waals surface area contributed by atoms with Crippen molar-refractivity contribution in [2.75, 3.05) is 14.1 Å². The summed E-state index contributed by atoms with van der Waals surface area (Å²) in [6.45, 7) is 0. The van der Waals surface area contributed by atoms with Crippen LogP contribution in [0.25, 0.3) is 0 Å². The number of carboxylic acid groups (broad SMARTS) is 1. The molecule has 0 aliphatic carbocycles. The van der Waals surface area contributed by atoms with Crippen LogP contribution in [-0.2, 0) is 4.79 Å². The highest BCUT2D eigenvalue weighted by atomic mass is 19.1. The summed E-state index contributed by atoms with van der Waals surface area (Å²) in [6.07, 6.45) is 2.22. The number of aliphatic carboxylic acids is 1. The van der Waals surface area contributed by atoms with Crippen LogP contribution in [0, 0.1) is 11.6 Å². The van der Waals surface area contributed by atoms with Gasteiger partial charge in [-0.25, -0.2) is 13.6 Å². The van der Waals surface area contributed by atoms with E-state index in [0.29, 0.717) is 0 Å². The second kappa shape index (κ2) is 5.54. The first-order valence-corrected chi connectivity index (χ1v) is 4.94. The van der Waals surface area contributed by atoms with Gasteiger partial charge in [0.05, 0.1) is 6.04 Å². The zero-order chi connectivity index (χ0) is 13.0. The SMILES string of the molecule is CN(C)C(/C=C/C(=O)O)c1cc(F)ccc1F. The standard InChI is InChI=1S/C12H13F2NO2/c1-15(2)11(5-6-12(16)17)9-7-8(13)3-4-10(9)14/h3-7,11H,1-2H3,(H,16,17)/b6-5+. The lowest BCUT2D eigenvalue weighted by molar-refractivity contribution is -0.131. The first-order valence-electron chi connectivity index (χ1n) is 4.94. The molecule has 0 saturated carbocycles. The van der Waals surface area contributed by atoms with Gasteiger partial charge < -0.3 is 5.11 Å². The van der Waals surface area contributed by atoms with Gasteiger partial charge in [0.15, 0.2) is 0 Å². The minimum absolute atomic E-state index is 0.104. The van der Waals surface area contributed by atoms with Gasteiger partial charge in [-0.3, -0.25) is 4.90 Å². The summed E-state index contributed by atoms with van der Waals surface area (Å²) in [6, 6.07) is 2.48. The molecule has 1 rings (SSSR count). The average Bonchev–Trinajstić information content (AvgIpc) is 2.22.